The highest BCUT2D eigenvalue weighted by molar-refractivity contribution is 5.46. The summed E-state index contributed by atoms with van der Waals surface area (Å²) in [4.78, 5) is 24.9. The lowest BCUT2D eigenvalue weighted by atomic mass is 9.70. The number of aromatic amines is 1. The van der Waals surface area contributed by atoms with Crippen molar-refractivity contribution in [1.29, 1.82) is 0 Å². The fourth-order valence-electron chi connectivity index (χ4n) is 8.99. The minimum Gasteiger partial charge on any atom is -0.291 e. The molecule has 4 aliphatic carbocycles. The quantitative estimate of drug-likeness (QED) is 0.489. The third-order valence-corrected chi connectivity index (χ3v) is 12.0. The summed E-state index contributed by atoms with van der Waals surface area (Å²) in [5.74, 6) is 0.570. The molecule has 7 heteroatoms. The van der Waals surface area contributed by atoms with Gasteiger partial charge in [-0.3, -0.25) is 24.1 Å². The monoisotopic (exact) mass is 520 g/mol. The summed E-state index contributed by atoms with van der Waals surface area (Å²) < 4.78 is 18.9. The summed E-state index contributed by atoms with van der Waals surface area (Å²) in [5.41, 5.74) is 6.40. The molecular weight excluding hydrogens is 479 g/mol. The molecule has 204 valence electrons. The minimum atomic E-state index is -0.247. The van der Waals surface area contributed by atoms with Crippen molar-refractivity contribution in [3.63, 3.8) is 0 Å². The van der Waals surface area contributed by atoms with Crippen molar-refractivity contribution in [2.45, 2.75) is 96.4 Å². The maximum atomic E-state index is 13.1. The first-order valence-corrected chi connectivity index (χ1v) is 14.0. The predicted octanol–water partition coefficient (Wildman–Crippen LogP) is 5.44. The van der Waals surface area contributed by atoms with E-state index >= 15 is 0 Å². The van der Waals surface area contributed by atoms with Crippen LogP contribution in [0.4, 0.5) is 4.39 Å². The van der Waals surface area contributed by atoms with Gasteiger partial charge in [-0.05, 0) is 66.0 Å². The summed E-state index contributed by atoms with van der Waals surface area (Å²) in [6.07, 6.45) is 4.63. The Morgan fingerprint density at radius 1 is 0.842 bits per heavy atom. The summed E-state index contributed by atoms with van der Waals surface area (Å²) in [7, 11) is 3.95. The first kappa shape index (κ1) is 25.4. The lowest BCUT2D eigenvalue weighted by Crippen LogP contribution is -2.35. The fraction of sp³-hybridized carbons (Fsp3) is 0.613. The zero-order valence-electron chi connectivity index (χ0n) is 24.0. The molecule has 4 aliphatic rings. The van der Waals surface area contributed by atoms with E-state index in [0.717, 1.165) is 29.5 Å². The molecule has 0 radical (unpaired) electrons. The van der Waals surface area contributed by atoms with E-state index in [4.69, 9.17) is 0 Å². The third kappa shape index (κ3) is 2.88. The van der Waals surface area contributed by atoms with E-state index in [2.05, 4.69) is 51.3 Å². The van der Waals surface area contributed by atoms with Crippen LogP contribution >= 0.6 is 0 Å². The molecular formula is C31H41FN4O2. The van der Waals surface area contributed by atoms with Gasteiger partial charge in [0.15, 0.2) is 0 Å². The van der Waals surface area contributed by atoms with Crippen LogP contribution in [-0.2, 0) is 31.5 Å². The van der Waals surface area contributed by atoms with Gasteiger partial charge in [-0.25, -0.2) is 9.07 Å². The maximum absolute atomic E-state index is 13.1. The largest absolute Gasteiger partial charge is 0.291 e. The Labute approximate surface area is 223 Å². The molecule has 4 atom stereocenters. The highest BCUT2D eigenvalue weighted by Gasteiger charge is 2.63. The molecule has 1 N–H and O–H groups in total. The lowest BCUT2D eigenvalue weighted by molar-refractivity contribution is 0.215. The Balaban J connectivity index is 0.000000152. The van der Waals surface area contributed by atoms with Crippen LogP contribution in [0.5, 0.6) is 0 Å². The van der Waals surface area contributed by atoms with Gasteiger partial charge < -0.3 is 0 Å². The van der Waals surface area contributed by atoms with Crippen molar-refractivity contribution in [3.05, 3.63) is 78.9 Å². The normalized spacial score (nSPS) is 30.8. The number of nitrogens with one attached hydrogen (secondary N) is 1. The number of H-pyrrole nitrogens is 1. The van der Waals surface area contributed by atoms with E-state index in [-0.39, 0.29) is 38.6 Å². The second kappa shape index (κ2) is 7.64. The van der Waals surface area contributed by atoms with E-state index in [0.29, 0.717) is 18.4 Å². The number of halogens is 1. The molecule has 38 heavy (non-hydrogen) atoms. The predicted molar refractivity (Wildman–Crippen MR) is 147 cm³/mol. The van der Waals surface area contributed by atoms with Crippen molar-refractivity contribution in [1.82, 2.24) is 19.1 Å². The molecule has 4 bridgehead atoms. The van der Waals surface area contributed by atoms with Gasteiger partial charge in [0.25, 0.3) is 11.1 Å². The van der Waals surface area contributed by atoms with Crippen LogP contribution in [0.2, 0.25) is 0 Å². The molecule has 2 fully saturated rings. The summed E-state index contributed by atoms with van der Waals surface area (Å²) in [6.45, 7) is 14.3. The Bertz CT molecular complexity index is 1570. The number of hydrogen-bond acceptors (Lipinski definition) is 2. The number of fused-ring (bicyclic) bond motifs is 10. The topological polar surface area (TPSA) is 64.7 Å². The van der Waals surface area contributed by atoms with Crippen LogP contribution in [0, 0.1) is 16.6 Å². The number of aryl methyl sites for hydroxylation is 1. The third-order valence-electron chi connectivity index (χ3n) is 12.0. The zero-order chi connectivity index (χ0) is 27.6. The van der Waals surface area contributed by atoms with Gasteiger partial charge in [-0.2, -0.15) is 0 Å². The highest BCUT2D eigenvalue weighted by atomic mass is 19.1. The smallest absolute Gasteiger partial charge is 0.270 e. The van der Waals surface area contributed by atoms with Crippen LogP contribution in [0.3, 0.4) is 0 Å². The van der Waals surface area contributed by atoms with E-state index in [9.17, 15) is 14.0 Å². The lowest BCUT2D eigenvalue weighted by Gasteiger charge is -2.36. The molecule has 2 saturated carbocycles. The van der Waals surface area contributed by atoms with E-state index < -0.39 is 0 Å². The Kier molecular flexibility index (Phi) is 5.11. The second-order valence-corrected chi connectivity index (χ2v) is 13.8. The van der Waals surface area contributed by atoms with Gasteiger partial charge >= 0.3 is 0 Å². The average Bonchev–Trinajstić information content (AvgIpc) is 3.54. The van der Waals surface area contributed by atoms with Crippen molar-refractivity contribution in [2.24, 2.45) is 24.9 Å². The summed E-state index contributed by atoms with van der Waals surface area (Å²) >= 11 is 0. The van der Waals surface area contributed by atoms with Crippen LogP contribution in [0.1, 0.15) is 107 Å². The fourth-order valence-corrected chi connectivity index (χ4v) is 8.99. The molecule has 3 aromatic rings. The molecule has 2 heterocycles. The molecule has 0 amide bonds. The van der Waals surface area contributed by atoms with E-state index in [1.54, 1.807) is 12.1 Å². The number of aromatic nitrogens is 4. The van der Waals surface area contributed by atoms with Gasteiger partial charge in [-0.1, -0.05) is 53.7 Å². The van der Waals surface area contributed by atoms with Crippen LogP contribution < -0.4 is 11.1 Å². The first-order valence-electron chi connectivity index (χ1n) is 14.0. The maximum Gasteiger partial charge on any atom is 0.270 e. The molecule has 7 rings (SSSR count). The van der Waals surface area contributed by atoms with Crippen molar-refractivity contribution in [3.8, 4) is 0 Å². The van der Waals surface area contributed by atoms with Crippen LogP contribution in [-0.4, -0.2) is 19.1 Å². The molecule has 1 aromatic carbocycles. The summed E-state index contributed by atoms with van der Waals surface area (Å²) in [5, 5.41) is 2.90. The Morgan fingerprint density at radius 2 is 1.37 bits per heavy atom. The minimum absolute atomic E-state index is 0.0644. The Morgan fingerprint density at radius 3 is 1.89 bits per heavy atom. The molecule has 0 aliphatic heterocycles. The van der Waals surface area contributed by atoms with Gasteiger partial charge in [-0.15, -0.1) is 0 Å². The van der Waals surface area contributed by atoms with Gasteiger partial charge in [0.2, 0.25) is 0 Å². The van der Waals surface area contributed by atoms with Gasteiger partial charge in [0, 0.05) is 41.7 Å². The standard InChI is InChI=1S/C19H23FN2O.C12H18N2O/c1-18(2)14-9-10-19(18,3)16-15(14)17(23)22(21(16)4)11-12-5-7-13(20)8-6-12;1-11(2)7-5-6-12(11,3)9-8(7)10(15)13-14(9)4/h5-8,14H,9-11H2,1-4H3;7H,5-6H2,1-4H3,(H,13,15)/t14-,19+;7-,12+/m11/s1. The number of hydrogen-bond donors (Lipinski definition) is 1. The van der Waals surface area contributed by atoms with Crippen molar-refractivity contribution >= 4 is 0 Å². The number of benzene rings is 1. The molecule has 6 nitrogen and oxygen atoms in total. The van der Waals surface area contributed by atoms with Gasteiger partial charge in [0.05, 0.1) is 12.2 Å². The first-order chi connectivity index (χ1) is 17.7. The SMILES string of the molecule is Cn1[nH]c(=O)c2c1[C@]1(C)CC[C@H]2C1(C)C.Cn1c2c(c(=O)n1Cc1ccc(F)cc1)[C@H]1CC[C@]2(C)C1(C)C. The second-order valence-electron chi connectivity index (χ2n) is 13.8. The molecule has 0 spiro atoms. The molecule has 0 saturated heterocycles. The summed E-state index contributed by atoms with van der Waals surface area (Å²) in [6, 6.07) is 6.40. The van der Waals surface area contributed by atoms with Crippen molar-refractivity contribution < 1.29 is 4.39 Å². The Hall–Kier alpha value is -2.83. The average molecular weight is 521 g/mol. The number of rotatable bonds is 2. The van der Waals surface area contributed by atoms with Gasteiger partial charge in [0.1, 0.15) is 5.82 Å². The van der Waals surface area contributed by atoms with E-state index in [1.807, 2.05) is 23.5 Å². The van der Waals surface area contributed by atoms with Crippen LogP contribution in [0.25, 0.3) is 0 Å². The number of nitrogens with zero attached hydrogens (tertiary/aromatic N) is 3. The molecule has 2 aromatic heterocycles. The highest BCUT2D eigenvalue weighted by Crippen LogP contribution is 2.67. The van der Waals surface area contributed by atoms with Crippen molar-refractivity contribution in [2.75, 3.05) is 0 Å². The van der Waals surface area contributed by atoms with Crippen LogP contribution in [0.15, 0.2) is 33.9 Å². The molecule has 0 unspecified atom stereocenters. The zero-order valence-corrected chi connectivity index (χ0v) is 24.0. The van der Waals surface area contributed by atoms with E-state index in [1.165, 1.54) is 36.4 Å².